The second-order valence-electron chi connectivity index (χ2n) is 5.99. The summed E-state index contributed by atoms with van der Waals surface area (Å²) < 4.78 is 38.6. The number of hydrogen-bond donors (Lipinski definition) is 2. The Morgan fingerprint density at radius 2 is 1.64 bits per heavy atom. The summed E-state index contributed by atoms with van der Waals surface area (Å²) in [5.41, 5.74) is -3.73. The van der Waals surface area contributed by atoms with Gasteiger partial charge in [0, 0.05) is 5.54 Å². The molecule has 0 unspecified atom stereocenters. The van der Waals surface area contributed by atoms with Crippen LogP contribution < -0.4 is 5.32 Å². The van der Waals surface area contributed by atoms with E-state index in [2.05, 4.69) is 10.3 Å². The number of H-pyrrole nitrogens is 1. The number of aromatic amines is 1. The molecular formula is C12H13F3N5NaO4. The maximum absolute atomic E-state index is 12.9. The maximum atomic E-state index is 12.9. The number of non-ortho nitro benzene ring substituents is 1. The van der Waals surface area contributed by atoms with E-state index in [1.165, 1.54) is 0 Å². The average molecular weight is 371 g/mol. The van der Waals surface area contributed by atoms with Crippen LogP contribution >= 0.6 is 0 Å². The summed E-state index contributed by atoms with van der Waals surface area (Å²) >= 11 is 0. The van der Waals surface area contributed by atoms with Gasteiger partial charge in [0.1, 0.15) is 16.7 Å². The van der Waals surface area contributed by atoms with Crippen LogP contribution in [-0.2, 0) is 6.18 Å². The number of imidazole rings is 1. The van der Waals surface area contributed by atoms with Crippen molar-refractivity contribution in [1.82, 2.24) is 9.97 Å². The van der Waals surface area contributed by atoms with E-state index < -0.39 is 49.8 Å². The molecule has 2 N–H and O–H groups in total. The van der Waals surface area contributed by atoms with Gasteiger partial charge in [0.25, 0.3) is 0 Å². The first kappa shape index (κ1) is 21.1. The van der Waals surface area contributed by atoms with Gasteiger partial charge in [-0.2, -0.15) is 13.2 Å². The number of alkyl halides is 3. The Labute approximate surface area is 160 Å². The van der Waals surface area contributed by atoms with Gasteiger partial charge in [0.05, 0.1) is 15.9 Å². The van der Waals surface area contributed by atoms with Gasteiger partial charge in [0.2, 0.25) is 5.82 Å². The van der Waals surface area contributed by atoms with Crippen molar-refractivity contribution >= 4 is 57.7 Å². The van der Waals surface area contributed by atoms with Crippen molar-refractivity contribution in [3.05, 3.63) is 32.1 Å². The molecule has 0 amide bonds. The van der Waals surface area contributed by atoms with E-state index >= 15 is 0 Å². The average Bonchev–Trinajstić information content (AvgIpc) is 2.81. The van der Waals surface area contributed by atoms with E-state index in [1.807, 2.05) is 4.98 Å². The van der Waals surface area contributed by atoms with Gasteiger partial charge in [-0.3, -0.25) is 20.2 Å². The number of nitrogens with zero attached hydrogens (tertiary/aromatic N) is 3. The molecule has 0 atom stereocenters. The molecule has 1 aromatic heterocycles. The summed E-state index contributed by atoms with van der Waals surface area (Å²) in [7, 11) is 0. The van der Waals surface area contributed by atoms with Crippen LogP contribution in [0.2, 0.25) is 0 Å². The SMILES string of the molecule is CC(C)(C)Nc1c([N+](=O)[O-])cc([N+](=O)[O-])c2[nH]c(C(F)(F)F)nc12.[NaH]. The van der Waals surface area contributed by atoms with Crippen LogP contribution in [0.5, 0.6) is 0 Å². The van der Waals surface area contributed by atoms with Crippen LogP contribution in [0.15, 0.2) is 6.07 Å². The molecule has 0 bridgehead atoms. The molecule has 0 aliphatic carbocycles. The second-order valence-corrected chi connectivity index (χ2v) is 5.99. The molecule has 132 valence electrons. The van der Waals surface area contributed by atoms with Gasteiger partial charge >= 0.3 is 47.1 Å². The van der Waals surface area contributed by atoms with Crippen LogP contribution in [0, 0.1) is 20.2 Å². The predicted octanol–water partition coefficient (Wildman–Crippen LogP) is 2.96. The number of aromatic nitrogens is 2. The number of halogens is 3. The molecule has 0 radical (unpaired) electrons. The molecule has 0 spiro atoms. The van der Waals surface area contributed by atoms with Crippen LogP contribution in [0.3, 0.4) is 0 Å². The summed E-state index contributed by atoms with van der Waals surface area (Å²) in [6.45, 7) is 4.88. The Morgan fingerprint density at radius 3 is 2.04 bits per heavy atom. The molecule has 0 fully saturated rings. The normalized spacial score (nSPS) is 11.9. The first-order chi connectivity index (χ1) is 10.8. The Bertz CT molecular complexity index is 844. The van der Waals surface area contributed by atoms with Gasteiger partial charge in [-0.25, -0.2) is 4.98 Å². The topological polar surface area (TPSA) is 127 Å². The number of nitrogens with one attached hydrogen (secondary N) is 2. The van der Waals surface area contributed by atoms with E-state index in [0.29, 0.717) is 6.07 Å². The molecule has 0 aliphatic heterocycles. The van der Waals surface area contributed by atoms with Crippen LogP contribution in [0.1, 0.15) is 26.6 Å². The standard InChI is InChI=1S/C12H12F3N5O4.Na.H/c1-11(2,3)18-8-6(20(23)24)4-5(19(21)22)7-9(8)17-10(16-7)12(13,14)15;;/h4,18H,1-3H3,(H,16,17);;. The number of nitro groups is 2. The zero-order chi connectivity index (χ0) is 18.4. The summed E-state index contributed by atoms with van der Waals surface area (Å²) in [4.78, 5) is 25.5. The number of benzene rings is 1. The van der Waals surface area contributed by atoms with Crippen molar-refractivity contribution in [2.75, 3.05) is 5.32 Å². The molecule has 1 heterocycles. The summed E-state index contributed by atoms with van der Waals surface area (Å²) in [5.74, 6) is -1.47. The van der Waals surface area contributed by atoms with Crippen molar-refractivity contribution in [2.45, 2.75) is 32.5 Å². The van der Waals surface area contributed by atoms with Gasteiger partial charge in [-0.1, -0.05) is 0 Å². The third kappa shape index (κ3) is 4.38. The molecule has 2 rings (SSSR count). The third-order valence-electron chi connectivity index (χ3n) is 2.89. The molecule has 9 nitrogen and oxygen atoms in total. The van der Waals surface area contributed by atoms with Crippen molar-refractivity contribution in [1.29, 1.82) is 0 Å². The number of nitro benzene ring substituents is 2. The first-order valence-electron chi connectivity index (χ1n) is 6.52. The van der Waals surface area contributed by atoms with Crippen LogP contribution in [0.4, 0.5) is 30.2 Å². The van der Waals surface area contributed by atoms with Gasteiger partial charge < -0.3 is 10.3 Å². The molecule has 0 saturated carbocycles. The summed E-state index contributed by atoms with van der Waals surface area (Å²) in [5, 5.41) is 25.0. The van der Waals surface area contributed by atoms with Crippen LogP contribution in [0.25, 0.3) is 11.0 Å². The molecule has 0 aliphatic rings. The Morgan fingerprint density at radius 1 is 1.12 bits per heavy atom. The predicted molar refractivity (Wildman–Crippen MR) is 84.9 cm³/mol. The van der Waals surface area contributed by atoms with Crippen molar-refractivity contribution in [2.24, 2.45) is 0 Å². The minimum absolute atomic E-state index is 0. The molecule has 0 saturated heterocycles. The summed E-state index contributed by atoms with van der Waals surface area (Å²) in [6, 6.07) is 0.606. The number of anilines is 1. The van der Waals surface area contributed by atoms with E-state index in [-0.39, 0.29) is 35.2 Å². The minimum atomic E-state index is -4.89. The molecule has 25 heavy (non-hydrogen) atoms. The summed E-state index contributed by atoms with van der Waals surface area (Å²) in [6.07, 6.45) is -4.89. The third-order valence-corrected chi connectivity index (χ3v) is 2.89. The van der Waals surface area contributed by atoms with E-state index in [0.717, 1.165) is 0 Å². The quantitative estimate of drug-likeness (QED) is 0.485. The zero-order valence-corrected chi connectivity index (χ0v) is 12.7. The van der Waals surface area contributed by atoms with Gasteiger partial charge in [-0.05, 0) is 20.8 Å². The van der Waals surface area contributed by atoms with Crippen molar-refractivity contribution in [3.8, 4) is 0 Å². The van der Waals surface area contributed by atoms with Crippen LogP contribution in [-0.4, -0.2) is 54.9 Å². The van der Waals surface area contributed by atoms with E-state index in [4.69, 9.17) is 0 Å². The van der Waals surface area contributed by atoms with E-state index in [1.54, 1.807) is 20.8 Å². The fourth-order valence-electron chi connectivity index (χ4n) is 2.06. The Hall–Kier alpha value is -1.92. The number of rotatable bonds is 3. The molecule has 13 heteroatoms. The van der Waals surface area contributed by atoms with Crippen molar-refractivity contribution < 1.29 is 23.0 Å². The fourth-order valence-corrected chi connectivity index (χ4v) is 2.06. The zero-order valence-electron chi connectivity index (χ0n) is 12.7. The Balaban J connectivity index is 0.00000312. The van der Waals surface area contributed by atoms with Gasteiger partial charge in [-0.15, -0.1) is 0 Å². The number of fused-ring (bicyclic) bond motifs is 1. The molecular weight excluding hydrogens is 358 g/mol. The Kier molecular flexibility index (Phi) is 5.72. The first-order valence-corrected chi connectivity index (χ1v) is 6.52. The monoisotopic (exact) mass is 371 g/mol. The molecule has 1 aromatic carbocycles. The van der Waals surface area contributed by atoms with Gasteiger partial charge in [0.15, 0.2) is 0 Å². The van der Waals surface area contributed by atoms with Crippen molar-refractivity contribution in [3.63, 3.8) is 0 Å². The van der Waals surface area contributed by atoms with E-state index in [9.17, 15) is 33.4 Å². The second kappa shape index (κ2) is 6.77. The fraction of sp³-hybridized carbons (Fsp3) is 0.417. The molecule has 2 aromatic rings. The number of hydrogen-bond acceptors (Lipinski definition) is 6.